The molecule has 0 bridgehead atoms. The molecule has 2 fully saturated rings. The number of hydrogen-bond acceptors (Lipinski definition) is 4. The number of alkyl halides is 3. The summed E-state index contributed by atoms with van der Waals surface area (Å²) in [7, 11) is 0. The Labute approximate surface area is 202 Å². The molecule has 5 rings (SSSR count). The van der Waals surface area contributed by atoms with Gasteiger partial charge in [0.05, 0.1) is 17.0 Å². The van der Waals surface area contributed by atoms with Crippen molar-refractivity contribution in [2.24, 2.45) is 11.3 Å². The number of nitrogens with zero attached hydrogens (tertiary/aromatic N) is 2. The molecule has 174 valence electrons. The highest BCUT2D eigenvalue weighted by atomic mass is 35.5. The largest absolute Gasteiger partial charge is 0.573 e. The van der Waals surface area contributed by atoms with Crippen molar-refractivity contribution in [1.29, 1.82) is 0 Å². The van der Waals surface area contributed by atoms with Crippen LogP contribution in [0, 0.1) is 11.3 Å². The zero-order valence-electron chi connectivity index (χ0n) is 17.2. The van der Waals surface area contributed by atoms with Crippen LogP contribution in [-0.2, 0) is 16.0 Å². The zero-order chi connectivity index (χ0) is 24.3. The van der Waals surface area contributed by atoms with E-state index >= 15 is 0 Å². The normalized spacial score (nSPS) is 23.7. The van der Waals surface area contributed by atoms with Gasteiger partial charge in [-0.2, -0.15) is 0 Å². The Hall–Kier alpha value is -3.10. The zero-order valence-corrected chi connectivity index (χ0v) is 18.7. The summed E-state index contributed by atoms with van der Waals surface area (Å²) in [6, 6.07) is 13.3. The molecule has 0 N–H and O–H groups in total. The van der Waals surface area contributed by atoms with E-state index in [4.69, 9.17) is 23.2 Å². The molecule has 1 aromatic heterocycles. The molecule has 2 aromatic carbocycles. The molecule has 1 saturated heterocycles. The SMILES string of the molecule is O=C1[C@@H]2[C@H](c3ccncc3)[C@]2(Cc2cccc(OC(F)(F)F)c2)C(=O)N1c1cc(Cl)cc(Cl)c1. The average Bonchev–Trinajstić information content (AvgIpc) is 3.36. The van der Waals surface area contributed by atoms with E-state index in [-0.39, 0.29) is 22.2 Å². The van der Waals surface area contributed by atoms with Crippen LogP contribution in [0.3, 0.4) is 0 Å². The number of ether oxygens (including phenoxy) is 1. The Morgan fingerprint density at radius 1 is 0.971 bits per heavy atom. The summed E-state index contributed by atoms with van der Waals surface area (Å²) >= 11 is 12.2. The third-order valence-corrected chi connectivity index (χ3v) is 6.66. The first-order chi connectivity index (χ1) is 16.1. The summed E-state index contributed by atoms with van der Waals surface area (Å²) < 4.78 is 42.2. The highest BCUT2D eigenvalue weighted by molar-refractivity contribution is 6.36. The van der Waals surface area contributed by atoms with Crippen molar-refractivity contribution in [3.05, 3.63) is 88.2 Å². The number of piperidine rings is 1. The summed E-state index contributed by atoms with van der Waals surface area (Å²) in [6.45, 7) is 0. The monoisotopic (exact) mass is 506 g/mol. The van der Waals surface area contributed by atoms with E-state index in [0.29, 0.717) is 5.56 Å². The van der Waals surface area contributed by atoms with Gasteiger partial charge in [-0.05, 0) is 60.0 Å². The number of imide groups is 1. The maximum absolute atomic E-state index is 13.8. The van der Waals surface area contributed by atoms with Gasteiger partial charge in [0.25, 0.3) is 0 Å². The number of pyridine rings is 1. The molecule has 0 unspecified atom stereocenters. The minimum absolute atomic E-state index is 0.0507. The number of carbonyl (C=O) groups excluding carboxylic acids is 2. The molecule has 10 heteroatoms. The number of anilines is 1. The van der Waals surface area contributed by atoms with Gasteiger partial charge in [0.1, 0.15) is 5.75 Å². The van der Waals surface area contributed by atoms with Crippen LogP contribution >= 0.6 is 23.2 Å². The lowest BCUT2D eigenvalue weighted by molar-refractivity contribution is -0.274. The fraction of sp³-hybridized carbons (Fsp3) is 0.208. The Kier molecular flexibility index (Phi) is 5.33. The van der Waals surface area contributed by atoms with Crippen molar-refractivity contribution in [1.82, 2.24) is 4.98 Å². The average molecular weight is 507 g/mol. The topological polar surface area (TPSA) is 59.5 Å². The molecule has 34 heavy (non-hydrogen) atoms. The number of amides is 2. The predicted octanol–water partition coefficient (Wildman–Crippen LogP) is 5.80. The molecule has 5 nitrogen and oxygen atoms in total. The van der Waals surface area contributed by atoms with E-state index < -0.39 is 41.2 Å². The van der Waals surface area contributed by atoms with Gasteiger partial charge in [-0.3, -0.25) is 14.6 Å². The standard InChI is InChI=1S/C24H15Cl2F3N2O3/c25-15-9-16(26)11-17(10-15)31-21(32)20-19(14-4-6-30-7-5-14)23(20,22(31)33)12-13-2-1-3-18(8-13)34-24(27,28)29/h1-11,19-20H,12H2/t19-,20-,23-/m0/s1. The van der Waals surface area contributed by atoms with Gasteiger partial charge >= 0.3 is 6.36 Å². The van der Waals surface area contributed by atoms with Gasteiger partial charge in [0.2, 0.25) is 11.8 Å². The predicted molar refractivity (Wildman–Crippen MR) is 119 cm³/mol. The van der Waals surface area contributed by atoms with Crippen molar-refractivity contribution < 1.29 is 27.5 Å². The van der Waals surface area contributed by atoms with Crippen LogP contribution in [0.1, 0.15) is 17.0 Å². The molecule has 2 aliphatic rings. The lowest BCUT2D eigenvalue weighted by Crippen LogP contribution is -2.37. The highest BCUT2D eigenvalue weighted by Crippen LogP contribution is 2.71. The molecule has 2 amide bonds. The third kappa shape index (κ3) is 3.80. The van der Waals surface area contributed by atoms with Crippen LogP contribution in [0.5, 0.6) is 5.75 Å². The van der Waals surface area contributed by atoms with Gasteiger partial charge in [-0.15, -0.1) is 13.2 Å². The Morgan fingerprint density at radius 2 is 1.65 bits per heavy atom. The number of aromatic nitrogens is 1. The smallest absolute Gasteiger partial charge is 0.406 e. The highest BCUT2D eigenvalue weighted by Gasteiger charge is 2.79. The van der Waals surface area contributed by atoms with Crippen LogP contribution in [-0.4, -0.2) is 23.2 Å². The lowest BCUT2D eigenvalue weighted by atomic mass is 9.90. The summed E-state index contributed by atoms with van der Waals surface area (Å²) in [5.41, 5.74) is 0.287. The van der Waals surface area contributed by atoms with Crippen molar-refractivity contribution in [3.63, 3.8) is 0 Å². The quantitative estimate of drug-likeness (QED) is 0.410. The second-order valence-electron chi connectivity index (χ2n) is 8.25. The van der Waals surface area contributed by atoms with Gasteiger partial charge in [-0.1, -0.05) is 35.3 Å². The number of carbonyl (C=O) groups is 2. The van der Waals surface area contributed by atoms with Crippen molar-refractivity contribution in [2.45, 2.75) is 18.7 Å². The number of halogens is 5. The van der Waals surface area contributed by atoms with Gasteiger partial charge in [-0.25, -0.2) is 4.90 Å². The van der Waals surface area contributed by atoms with Gasteiger partial charge < -0.3 is 4.74 Å². The molecule has 2 heterocycles. The number of fused-ring (bicyclic) bond motifs is 1. The fourth-order valence-electron chi connectivity index (χ4n) is 4.98. The van der Waals surface area contributed by atoms with E-state index in [9.17, 15) is 22.8 Å². The van der Waals surface area contributed by atoms with Crippen LogP contribution in [0.25, 0.3) is 0 Å². The summed E-state index contributed by atoms with van der Waals surface area (Å²) in [5, 5.41) is 0.529. The molecule has 3 aromatic rings. The van der Waals surface area contributed by atoms with Gasteiger partial charge in [0.15, 0.2) is 0 Å². The number of hydrogen-bond donors (Lipinski definition) is 0. The maximum Gasteiger partial charge on any atom is 0.573 e. The minimum atomic E-state index is -4.85. The van der Waals surface area contributed by atoms with E-state index in [1.807, 2.05) is 0 Å². The van der Waals surface area contributed by atoms with E-state index in [2.05, 4.69) is 9.72 Å². The number of benzene rings is 2. The van der Waals surface area contributed by atoms with E-state index in [1.165, 1.54) is 36.4 Å². The summed E-state index contributed by atoms with van der Waals surface area (Å²) in [5.74, 6) is -2.38. The first kappa shape index (κ1) is 22.7. The van der Waals surface area contributed by atoms with Crippen molar-refractivity contribution >= 4 is 40.7 Å². The minimum Gasteiger partial charge on any atom is -0.406 e. The van der Waals surface area contributed by atoms with Gasteiger partial charge in [0, 0.05) is 28.4 Å². The molecular formula is C24H15Cl2F3N2O3. The van der Waals surface area contributed by atoms with Crippen LogP contribution in [0.2, 0.25) is 10.0 Å². The number of rotatable bonds is 5. The Morgan fingerprint density at radius 3 is 2.29 bits per heavy atom. The Bertz CT molecular complexity index is 1280. The molecule has 1 aliphatic heterocycles. The van der Waals surface area contributed by atoms with Crippen LogP contribution < -0.4 is 9.64 Å². The van der Waals surface area contributed by atoms with E-state index in [1.54, 1.807) is 30.6 Å². The lowest BCUT2D eigenvalue weighted by Gasteiger charge is -2.23. The molecule has 1 saturated carbocycles. The first-order valence-corrected chi connectivity index (χ1v) is 10.9. The summed E-state index contributed by atoms with van der Waals surface area (Å²) in [6.07, 6.45) is -1.66. The van der Waals surface area contributed by atoms with E-state index in [0.717, 1.165) is 10.5 Å². The molecular weight excluding hydrogens is 492 g/mol. The van der Waals surface area contributed by atoms with Crippen LogP contribution in [0.4, 0.5) is 18.9 Å². The van der Waals surface area contributed by atoms with Crippen molar-refractivity contribution in [2.75, 3.05) is 4.90 Å². The summed E-state index contributed by atoms with van der Waals surface area (Å²) in [4.78, 5) is 32.3. The first-order valence-electron chi connectivity index (χ1n) is 10.2. The third-order valence-electron chi connectivity index (χ3n) is 6.22. The molecule has 0 radical (unpaired) electrons. The van der Waals surface area contributed by atoms with Crippen LogP contribution in [0.15, 0.2) is 67.0 Å². The molecule has 1 aliphatic carbocycles. The molecule has 3 atom stereocenters. The molecule has 0 spiro atoms. The second-order valence-corrected chi connectivity index (χ2v) is 9.13. The maximum atomic E-state index is 13.8. The second kappa shape index (κ2) is 7.99. The fourth-order valence-corrected chi connectivity index (χ4v) is 5.49. The Balaban J connectivity index is 1.55. The van der Waals surface area contributed by atoms with Crippen molar-refractivity contribution in [3.8, 4) is 5.75 Å².